The van der Waals surface area contributed by atoms with Gasteiger partial charge in [0.15, 0.2) is 0 Å². The van der Waals surface area contributed by atoms with Gasteiger partial charge in [-0.1, -0.05) is 6.92 Å². The van der Waals surface area contributed by atoms with E-state index in [2.05, 4.69) is 15.3 Å². The molecule has 0 bridgehead atoms. The Morgan fingerprint density at radius 3 is 2.50 bits per heavy atom. The standard InChI is InChI=1S/C13H21F3N4/c1-4-6-10-18-11(17-5-2)9-12(19-10)20(3)8-7-13(14,15)16/h9H,4-8H2,1-3H3,(H,17,18,19). The molecule has 0 aliphatic rings. The topological polar surface area (TPSA) is 41.1 Å². The lowest BCUT2D eigenvalue weighted by Gasteiger charge is -2.20. The van der Waals surface area contributed by atoms with E-state index in [-0.39, 0.29) is 6.54 Å². The molecule has 1 rings (SSSR count). The van der Waals surface area contributed by atoms with Crippen LogP contribution in [0.25, 0.3) is 0 Å². The first-order chi connectivity index (χ1) is 9.35. The number of anilines is 2. The molecule has 1 N–H and O–H groups in total. The fraction of sp³-hybridized carbons (Fsp3) is 0.692. The number of rotatable bonds is 7. The summed E-state index contributed by atoms with van der Waals surface area (Å²) in [6.45, 7) is 4.54. The van der Waals surface area contributed by atoms with Gasteiger partial charge in [-0.2, -0.15) is 13.2 Å². The molecule has 0 atom stereocenters. The Kier molecular flexibility index (Phi) is 6.04. The number of alkyl halides is 3. The Labute approximate surface area is 117 Å². The van der Waals surface area contributed by atoms with Gasteiger partial charge in [-0.3, -0.25) is 0 Å². The van der Waals surface area contributed by atoms with Crippen LogP contribution in [0.4, 0.5) is 24.8 Å². The minimum absolute atomic E-state index is 0.113. The Morgan fingerprint density at radius 2 is 1.95 bits per heavy atom. The summed E-state index contributed by atoms with van der Waals surface area (Å²) < 4.78 is 36.8. The molecule has 114 valence electrons. The third-order valence-electron chi connectivity index (χ3n) is 2.71. The summed E-state index contributed by atoms with van der Waals surface area (Å²) in [4.78, 5) is 10.2. The van der Waals surface area contributed by atoms with Crippen LogP contribution in [-0.4, -0.2) is 36.3 Å². The van der Waals surface area contributed by atoms with E-state index in [1.807, 2.05) is 13.8 Å². The Bertz CT molecular complexity index is 396. The smallest absolute Gasteiger partial charge is 0.370 e. The van der Waals surface area contributed by atoms with E-state index in [1.165, 1.54) is 4.90 Å². The van der Waals surface area contributed by atoms with Crippen molar-refractivity contribution in [3.8, 4) is 0 Å². The van der Waals surface area contributed by atoms with Gasteiger partial charge in [-0.15, -0.1) is 0 Å². The molecule has 0 unspecified atom stereocenters. The largest absolute Gasteiger partial charge is 0.390 e. The Balaban J connectivity index is 2.85. The van der Waals surface area contributed by atoms with Crippen molar-refractivity contribution in [2.75, 3.05) is 30.4 Å². The number of nitrogens with zero attached hydrogens (tertiary/aromatic N) is 3. The van der Waals surface area contributed by atoms with Gasteiger partial charge in [0.1, 0.15) is 17.5 Å². The van der Waals surface area contributed by atoms with Crippen LogP contribution in [0.3, 0.4) is 0 Å². The maximum Gasteiger partial charge on any atom is 0.390 e. The lowest BCUT2D eigenvalue weighted by atomic mass is 10.3. The minimum atomic E-state index is -4.15. The molecule has 0 saturated heterocycles. The fourth-order valence-electron chi connectivity index (χ4n) is 1.69. The van der Waals surface area contributed by atoms with Crippen molar-refractivity contribution in [3.63, 3.8) is 0 Å². The van der Waals surface area contributed by atoms with E-state index in [9.17, 15) is 13.2 Å². The second kappa shape index (κ2) is 7.31. The summed E-state index contributed by atoms with van der Waals surface area (Å²) >= 11 is 0. The second-order valence-corrected chi connectivity index (χ2v) is 4.59. The molecule has 0 amide bonds. The van der Waals surface area contributed by atoms with E-state index in [0.717, 1.165) is 6.42 Å². The van der Waals surface area contributed by atoms with Crippen molar-refractivity contribution in [1.82, 2.24) is 9.97 Å². The molecule has 1 aromatic rings. The number of hydrogen-bond acceptors (Lipinski definition) is 4. The van der Waals surface area contributed by atoms with Gasteiger partial charge < -0.3 is 10.2 Å². The summed E-state index contributed by atoms with van der Waals surface area (Å²) in [5.74, 6) is 1.82. The first-order valence-corrected chi connectivity index (χ1v) is 6.75. The fourth-order valence-corrected chi connectivity index (χ4v) is 1.69. The first-order valence-electron chi connectivity index (χ1n) is 6.75. The lowest BCUT2D eigenvalue weighted by molar-refractivity contribution is -0.132. The van der Waals surface area contributed by atoms with Crippen LogP contribution < -0.4 is 10.2 Å². The average molecular weight is 290 g/mol. The molecular weight excluding hydrogens is 269 g/mol. The molecule has 0 aliphatic carbocycles. The number of aryl methyl sites for hydroxylation is 1. The number of halogens is 3. The van der Waals surface area contributed by atoms with Crippen LogP contribution in [0.5, 0.6) is 0 Å². The molecule has 0 aliphatic heterocycles. The average Bonchev–Trinajstić information content (AvgIpc) is 2.35. The summed E-state index contributed by atoms with van der Waals surface area (Å²) in [5.41, 5.74) is 0. The van der Waals surface area contributed by atoms with Crippen LogP contribution in [0, 0.1) is 0 Å². The second-order valence-electron chi connectivity index (χ2n) is 4.59. The highest BCUT2D eigenvalue weighted by Gasteiger charge is 2.27. The Morgan fingerprint density at radius 1 is 1.25 bits per heavy atom. The maximum absolute atomic E-state index is 12.3. The van der Waals surface area contributed by atoms with Gasteiger partial charge in [0.2, 0.25) is 0 Å². The highest BCUT2D eigenvalue weighted by molar-refractivity contribution is 5.49. The summed E-state index contributed by atoms with van der Waals surface area (Å²) in [5, 5.41) is 3.07. The van der Waals surface area contributed by atoms with Crippen molar-refractivity contribution < 1.29 is 13.2 Å². The molecule has 0 saturated carbocycles. The van der Waals surface area contributed by atoms with Gasteiger partial charge in [-0.05, 0) is 13.3 Å². The molecule has 4 nitrogen and oxygen atoms in total. The van der Waals surface area contributed by atoms with Gasteiger partial charge >= 0.3 is 6.18 Å². The first kappa shape index (κ1) is 16.5. The van der Waals surface area contributed by atoms with Crippen molar-refractivity contribution in [2.24, 2.45) is 0 Å². The van der Waals surface area contributed by atoms with Gasteiger partial charge in [0, 0.05) is 32.6 Å². The zero-order valence-electron chi connectivity index (χ0n) is 12.1. The minimum Gasteiger partial charge on any atom is -0.370 e. The zero-order valence-corrected chi connectivity index (χ0v) is 12.1. The van der Waals surface area contributed by atoms with Crippen molar-refractivity contribution in [2.45, 2.75) is 39.3 Å². The van der Waals surface area contributed by atoms with E-state index in [0.29, 0.717) is 30.4 Å². The molecule has 20 heavy (non-hydrogen) atoms. The van der Waals surface area contributed by atoms with E-state index >= 15 is 0 Å². The maximum atomic E-state index is 12.3. The van der Waals surface area contributed by atoms with Crippen molar-refractivity contribution in [1.29, 1.82) is 0 Å². The van der Waals surface area contributed by atoms with Crippen molar-refractivity contribution in [3.05, 3.63) is 11.9 Å². The molecule has 0 aromatic carbocycles. The number of hydrogen-bond donors (Lipinski definition) is 1. The monoisotopic (exact) mass is 290 g/mol. The van der Waals surface area contributed by atoms with Crippen LogP contribution in [0.15, 0.2) is 6.07 Å². The lowest BCUT2D eigenvalue weighted by Crippen LogP contribution is -2.25. The van der Waals surface area contributed by atoms with Crippen LogP contribution in [0.1, 0.15) is 32.5 Å². The van der Waals surface area contributed by atoms with Gasteiger partial charge in [0.25, 0.3) is 0 Å². The highest BCUT2D eigenvalue weighted by atomic mass is 19.4. The summed E-state index contributed by atoms with van der Waals surface area (Å²) in [6.07, 6.45) is -3.41. The molecule has 7 heteroatoms. The summed E-state index contributed by atoms with van der Waals surface area (Å²) in [7, 11) is 1.61. The van der Waals surface area contributed by atoms with Crippen molar-refractivity contribution >= 4 is 11.6 Å². The zero-order chi connectivity index (χ0) is 15.2. The van der Waals surface area contributed by atoms with Gasteiger partial charge in [-0.25, -0.2) is 9.97 Å². The van der Waals surface area contributed by atoms with Crippen LogP contribution in [-0.2, 0) is 6.42 Å². The quantitative estimate of drug-likeness (QED) is 0.837. The predicted octanol–water partition coefficient (Wildman–Crippen LogP) is 3.25. The molecule has 0 fully saturated rings. The molecule has 1 aromatic heterocycles. The van der Waals surface area contributed by atoms with Crippen LogP contribution in [0.2, 0.25) is 0 Å². The van der Waals surface area contributed by atoms with E-state index in [4.69, 9.17) is 0 Å². The highest BCUT2D eigenvalue weighted by Crippen LogP contribution is 2.22. The van der Waals surface area contributed by atoms with Crippen LogP contribution >= 0.6 is 0 Å². The summed E-state index contributed by atoms with van der Waals surface area (Å²) in [6, 6.07) is 1.68. The normalized spacial score (nSPS) is 11.5. The van der Waals surface area contributed by atoms with Gasteiger partial charge in [0.05, 0.1) is 6.42 Å². The molecule has 0 radical (unpaired) electrons. The third-order valence-corrected chi connectivity index (χ3v) is 2.71. The number of nitrogens with one attached hydrogen (secondary N) is 1. The SMILES string of the molecule is CCCc1nc(NCC)cc(N(C)CCC(F)(F)F)n1. The molecule has 0 spiro atoms. The Hall–Kier alpha value is -1.53. The van der Waals surface area contributed by atoms with E-state index in [1.54, 1.807) is 13.1 Å². The molecular formula is C13H21F3N4. The predicted molar refractivity (Wildman–Crippen MR) is 74.1 cm³/mol. The third kappa shape index (κ3) is 5.63. The molecule has 1 heterocycles. The number of aromatic nitrogens is 2. The van der Waals surface area contributed by atoms with E-state index < -0.39 is 12.6 Å².